The maximum Gasteiger partial charge on any atom is 0.0570 e. The zero-order valence-electron chi connectivity index (χ0n) is 13.9. The fourth-order valence-corrected chi connectivity index (χ4v) is 6.13. The third kappa shape index (κ3) is 2.10. The van der Waals surface area contributed by atoms with E-state index in [0.29, 0.717) is 11.5 Å². The summed E-state index contributed by atoms with van der Waals surface area (Å²) in [6.45, 7) is 6.69. The van der Waals surface area contributed by atoms with Crippen LogP contribution in [0.15, 0.2) is 0 Å². The van der Waals surface area contributed by atoms with Gasteiger partial charge in [-0.1, -0.05) is 0 Å². The standard InChI is InChI=1S/C18H31N3O/c1-20(14-2-16(22)3-14)15-6-18(7-15)11-21(12-18)8-13-4-17(5-13)9-19-10-17/h13-16,19,22H,2-12H2,1H3. The predicted molar refractivity (Wildman–Crippen MR) is 86.7 cm³/mol. The SMILES string of the molecule is CN(C1CC(O)C1)C1CC2(C1)CN(CC1CC3(CNC3)C1)C2. The zero-order valence-corrected chi connectivity index (χ0v) is 13.9. The van der Waals surface area contributed by atoms with Crippen molar-refractivity contribution in [2.24, 2.45) is 16.7 Å². The fraction of sp³-hybridized carbons (Fsp3) is 1.00. The van der Waals surface area contributed by atoms with E-state index in [-0.39, 0.29) is 6.10 Å². The smallest absolute Gasteiger partial charge is 0.0570 e. The molecule has 0 radical (unpaired) electrons. The number of nitrogens with zero attached hydrogens (tertiary/aromatic N) is 2. The van der Waals surface area contributed by atoms with Crippen molar-refractivity contribution < 1.29 is 5.11 Å². The van der Waals surface area contributed by atoms with Gasteiger partial charge in [-0.15, -0.1) is 0 Å². The quantitative estimate of drug-likeness (QED) is 0.810. The van der Waals surface area contributed by atoms with E-state index in [2.05, 4.69) is 22.2 Å². The Bertz CT molecular complexity index is 435. The van der Waals surface area contributed by atoms with Crippen molar-refractivity contribution in [3.05, 3.63) is 0 Å². The largest absolute Gasteiger partial charge is 0.393 e. The predicted octanol–water partition coefficient (Wildman–Crippen LogP) is 0.906. The molecule has 2 spiro atoms. The lowest BCUT2D eigenvalue weighted by atomic mass is 9.57. The van der Waals surface area contributed by atoms with E-state index in [0.717, 1.165) is 30.2 Å². The van der Waals surface area contributed by atoms with E-state index in [9.17, 15) is 5.11 Å². The first-order chi connectivity index (χ1) is 10.5. The monoisotopic (exact) mass is 305 g/mol. The van der Waals surface area contributed by atoms with Crippen LogP contribution in [0, 0.1) is 16.7 Å². The fourth-order valence-electron chi connectivity index (χ4n) is 6.13. The van der Waals surface area contributed by atoms with Gasteiger partial charge in [0, 0.05) is 44.8 Å². The molecule has 2 heterocycles. The Balaban J connectivity index is 1.02. The zero-order chi connectivity index (χ0) is 14.9. The maximum atomic E-state index is 9.47. The third-order valence-corrected chi connectivity index (χ3v) is 7.66. The van der Waals surface area contributed by atoms with E-state index in [1.165, 1.54) is 58.4 Å². The minimum Gasteiger partial charge on any atom is -0.393 e. The van der Waals surface area contributed by atoms with Gasteiger partial charge in [-0.3, -0.25) is 0 Å². The van der Waals surface area contributed by atoms with Crippen LogP contribution in [-0.2, 0) is 0 Å². The second kappa shape index (κ2) is 4.69. The Labute approximate surface area is 134 Å². The van der Waals surface area contributed by atoms with E-state index < -0.39 is 0 Å². The minimum atomic E-state index is -0.0164. The second-order valence-corrected chi connectivity index (χ2v) is 9.55. The first-order valence-corrected chi connectivity index (χ1v) is 9.38. The van der Waals surface area contributed by atoms with Gasteiger partial charge in [0.1, 0.15) is 0 Å². The summed E-state index contributed by atoms with van der Waals surface area (Å²) in [6, 6.07) is 1.46. The normalized spacial score (nSPS) is 42.4. The Morgan fingerprint density at radius 1 is 1.05 bits per heavy atom. The highest BCUT2D eigenvalue weighted by atomic mass is 16.3. The maximum absolute atomic E-state index is 9.47. The first-order valence-electron chi connectivity index (χ1n) is 9.38. The molecule has 3 aliphatic carbocycles. The molecule has 0 bridgehead atoms. The first kappa shape index (κ1) is 14.2. The van der Waals surface area contributed by atoms with Gasteiger partial charge in [0.25, 0.3) is 0 Å². The molecule has 4 nitrogen and oxygen atoms in total. The minimum absolute atomic E-state index is 0.0164. The molecule has 3 saturated carbocycles. The molecule has 5 rings (SSSR count). The highest BCUT2D eigenvalue weighted by molar-refractivity contribution is 5.10. The molecule has 2 aliphatic heterocycles. The number of hydrogen-bond acceptors (Lipinski definition) is 4. The van der Waals surface area contributed by atoms with Crippen LogP contribution in [0.3, 0.4) is 0 Å². The number of likely N-dealkylation sites (tertiary alicyclic amines) is 1. The van der Waals surface area contributed by atoms with Crippen molar-refractivity contribution in [2.75, 3.05) is 39.8 Å². The molecule has 0 unspecified atom stereocenters. The van der Waals surface area contributed by atoms with Gasteiger partial charge >= 0.3 is 0 Å². The summed E-state index contributed by atoms with van der Waals surface area (Å²) in [7, 11) is 2.28. The summed E-state index contributed by atoms with van der Waals surface area (Å²) in [5.74, 6) is 0.995. The number of rotatable bonds is 4. The van der Waals surface area contributed by atoms with Crippen molar-refractivity contribution in [1.82, 2.24) is 15.1 Å². The van der Waals surface area contributed by atoms with Gasteiger partial charge in [-0.25, -0.2) is 0 Å². The molecular weight excluding hydrogens is 274 g/mol. The van der Waals surface area contributed by atoms with Crippen LogP contribution in [0.1, 0.15) is 38.5 Å². The Morgan fingerprint density at radius 2 is 1.73 bits per heavy atom. The average molecular weight is 305 g/mol. The summed E-state index contributed by atoms with van der Waals surface area (Å²) < 4.78 is 0. The number of hydrogen-bond donors (Lipinski definition) is 2. The number of aliphatic hydroxyl groups is 1. The lowest BCUT2D eigenvalue weighted by Gasteiger charge is -2.64. The Kier molecular flexibility index (Phi) is 3.03. The number of nitrogens with one attached hydrogen (secondary N) is 1. The molecule has 0 atom stereocenters. The molecule has 22 heavy (non-hydrogen) atoms. The highest BCUT2D eigenvalue weighted by Crippen LogP contribution is 2.53. The van der Waals surface area contributed by atoms with Gasteiger partial charge in [-0.2, -0.15) is 0 Å². The molecule has 2 N–H and O–H groups in total. The second-order valence-electron chi connectivity index (χ2n) is 9.55. The van der Waals surface area contributed by atoms with Gasteiger partial charge in [-0.05, 0) is 62.3 Å². The Hall–Kier alpha value is -0.160. The molecule has 124 valence electrons. The lowest BCUT2D eigenvalue weighted by molar-refractivity contribution is -0.137. The van der Waals surface area contributed by atoms with Gasteiger partial charge in [0.2, 0.25) is 0 Å². The lowest BCUT2D eigenvalue weighted by Crippen LogP contribution is -2.69. The van der Waals surface area contributed by atoms with Crippen LogP contribution in [0.25, 0.3) is 0 Å². The van der Waals surface area contributed by atoms with Crippen molar-refractivity contribution in [3.8, 4) is 0 Å². The Morgan fingerprint density at radius 3 is 2.27 bits per heavy atom. The summed E-state index contributed by atoms with van der Waals surface area (Å²) in [5, 5.41) is 12.9. The molecule has 0 amide bonds. The summed E-state index contributed by atoms with van der Waals surface area (Å²) >= 11 is 0. The van der Waals surface area contributed by atoms with Crippen molar-refractivity contribution >= 4 is 0 Å². The van der Waals surface area contributed by atoms with Gasteiger partial charge < -0.3 is 20.2 Å². The molecule has 5 fully saturated rings. The van der Waals surface area contributed by atoms with Crippen molar-refractivity contribution in [2.45, 2.75) is 56.7 Å². The molecule has 0 aromatic heterocycles. The molecule has 0 aromatic carbocycles. The summed E-state index contributed by atoms with van der Waals surface area (Å²) in [5.41, 5.74) is 1.42. The van der Waals surface area contributed by atoms with Crippen molar-refractivity contribution in [3.63, 3.8) is 0 Å². The van der Waals surface area contributed by atoms with E-state index >= 15 is 0 Å². The van der Waals surface area contributed by atoms with Gasteiger partial charge in [0.15, 0.2) is 0 Å². The summed E-state index contributed by atoms with van der Waals surface area (Å²) in [4.78, 5) is 5.30. The topological polar surface area (TPSA) is 38.7 Å². The van der Waals surface area contributed by atoms with Crippen LogP contribution in [-0.4, -0.2) is 72.9 Å². The van der Waals surface area contributed by atoms with Crippen LogP contribution in [0.5, 0.6) is 0 Å². The van der Waals surface area contributed by atoms with Crippen LogP contribution in [0.4, 0.5) is 0 Å². The third-order valence-electron chi connectivity index (χ3n) is 7.66. The molecule has 4 heteroatoms. The molecule has 0 aromatic rings. The van der Waals surface area contributed by atoms with Crippen LogP contribution in [0.2, 0.25) is 0 Å². The average Bonchev–Trinajstić information content (AvgIpc) is 2.25. The van der Waals surface area contributed by atoms with E-state index in [1.807, 2.05) is 0 Å². The highest BCUT2D eigenvalue weighted by Gasteiger charge is 2.56. The molecule has 2 saturated heterocycles. The molecule has 5 aliphatic rings. The van der Waals surface area contributed by atoms with Crippen LogP contribution >= 0.6 is 0 Å². The molecular formula is C18H31N3O. The van der Waals surface area contributed by atoms with Crippen LogP contribution < -0.4 is 5.32 Å². The van der Waals surface area contributed by atoms with Gasteiger partial charge in [0.05, 0.1) is 6.10 Å². The summed E-state index contributed by atoms with van der Waals surface area (Å²) in [6.07, 6.45) is 7.78. The van der Waals surface area contributed by atoms with Crippen molar-refractivity contribution in [1.29, 1.82) is 0 Å². The number of aliphatic hydroxyl groups excluding tert-OH is 1. The van der Waals surface area contributed by atoms with E-state index in [4.69, 9.17) is 0 Å². The van der Waals surface area contributed by atoms with E-state index in [1.54, 1.807) is 0 Å².